The molecule has 0 atom stereocenters. The molecule has 0 amide bonds. The highest BCUT2D eigenvalue weighted by molar-refractivity contribution is 5.75. The topological polar surface area (TPSA) is 3.24 Å². The van der Waals surface area contributed by atoms with Gasteiger partial charge in [-0.1, -0.05) is 0 Å². The molecule has 0 spiro atoms. The van der Waals surface area contributed by atoms with Gasteiger partial charge in [-0.3, -0.25) is 4.90 Å². The molecule has 0 aliphatic rings. The average Bonchev–Trinajstić information content (AvgIpc) is 1.62. The summed E-state index contributed by atoms with van der Waals surface area (Å²) in [4.78, 5) is 2.35. The second kappa shape index (κ2) is 4.02. The van der Waals surface area contributed by atoms with Crippen molar-refractivity contribution >= 4 is 8.41 Å². The number of hydrogen-bond acceptors (Lipinski definition) is 1. The molecule has 1 nitrogen and oxygen atoms in total. The van der Waals surface area contributed by atoms with Crippen molar-refractivity contribution in [2.24, 2.45) is 0 Å². The summed E-state index contributed by atoms with van der Waals surface area (Å²) in [5.74, 6) is 0. The van der Waals surface area contributed by atoms with Crippen molar-refractivity contribution in [2.45, 2.75) is 46.2 Å². The summed E-state index contributed by atoms with van der Waals surface area (Å²) in [6, 6.07) is 0.644. The van der Waals surface area contributed by atoms with Gasteiger partial charge in [-0.05, 0) is 41.7 Å². The van der Waals surface area contributed by atoms with Crippen LogP contribution in [0.25, 0.3) is 0 Å². The van der Waals surface area contributed by atoms with Crippen molar-refractivity contribution in [3.8, 4) is 0 Å². The van der Waals surface area contributed by atoms with Crippen LogP contribution in [0.4, 0.5) is 0 Å². The second-order valence-electron chi connectivity index (χ2n) is 3.88. The van der Waals surface area contributed by atoms with Crippen LogP contribution in [-0.4, -0.2) is 31.9 Å². The van der Waals surface area contributed by atoms with Crippen LogP contribution >= 0.6 is 0 Å². The largest absolute Gasteiger partial charge is 0.299 e. The van der Waals surface area contributed by atoms with E-state index in [1.165, 1.54) is 0 Å². The summed E-state index contributed by atoms with van der Waals surface area (Å²) in [7, 11) is 2.16. The Balaban J connectivity index is 0. The minimum atomic E-state index is 0. The zero-order valence-electron chi connectivity index (χ0n) is 8.10. The van der Waals surface area contributed by atoms with E-state index in [9.17, 15) is 0 Å². The molecule has 0 aromatic heterocycles. The maximum atomic E-state index is 2.35. The Kier molecular flexibility index (Phi) is 5.10. The zero-order chi connectivity index (χ0) is 7.65. The summed E-state index contributed by atoms with van der Waals surface area (Å²) < 4.78 is 0. The lowest BCUT2D eigenvalue weighted by Gasteiger charge is -2.35. The van der Waals surface area contributed by atoms with Gasteiger partial charge >= 0.3 is 0 Å². The van der Waals surface area contributed by atoms with Gasteiger partial charge in [0, 0.05) is 20.0 Å². The SMILES string of the molecule is CC(C)N(C)C(C)(C)C.[B]. The van der Waals surface area contributed by atoms with Gasteiger partial charge in [0.1, 0.15) is 0 Å². The molecule has 10 heavy (non-hydrogen) atoms. The van der Waals surface area contributed by atoms with Crippen molar-refractivity contribution in [2.75, 3.05) is 7.05 Å². The van der Waals surface area contributed by atoms with Crippen LogP contribution in [0.2, 0.25) is 0 Å². The predicted molar refractivity (Wildman–Crippen MR) is 48.4 cm³/mol. The zero-order valence-corrected chi connectivity index (χ0v) is 8.10. The van der Waals surface area contributed by atoms with Crippen LogP contribution in [0.1, 0.15) is 34.6 Å². The molecule has 0 bridgehead atoms. The van der Waals surface area contributed by atoms with E-state index in [-0.39, 0.29) is 8.41 Å². The molecule has 0 unspecified atom stereocenters. The summed E-state index contributed by atoms with van der Waals surface area (Å²) >= 11 is 0. The Morgan fingerprint density at radius 1 is 1.10 bits per heavy atom. The van der Waals surface area contributed by atoms with Gasteiger partial charge in [0.2, 0.25) is 0 Å². The van der Waals surface area contributed by atoms with Gasteiger partial charge in [-0.25, -0.2) is 0 Å². The first-order valence-corrected chi connectivity index (χ1v) is 3.58. The molecule has 0 aromatic rings. The highest BCUT2D eigenvalue weighted by atomic mass is 15.2. The van der Waals surface area contributed by atoms with E-state index >= 15 is 0 Å². The molecular weight excluding hydrogens is 121 g/mol. The molecule has 0 saturated heterocycles. The Hall–Kier alpha value is 0.0249. The first-order chi connectivity index (χ1) is 3.85. The van der Waals surface area contributed by atoms with Gasteiger partial charge in [0.15, 0.2) is 0 Å². The fraction of sp³-hybridized carbons (Fsp3) is 1.00. The van der Waals surface area contributed by atoms with Crippen molar-refractivity contribution in [1.82, 2.24) is 4.90 Å². The van der Waals surface area contributed by atoms with Gasteiger partial charge in [0.25, 0.3) is 0 Å². The van der Waals surface area contributed by atoms with E-state index in [2.05, 4.69) is 46.6 Å². The van der Waals surface area contributed by atoms with Gasteiger partial charge in [-0.2, -0.15) is 0 Å². The van der Waals surface area contributed by atoms with Crippen molar-refractivity contribution in [3.63, 3.8) is 0 Å². The van der Waals surface area contributed by atoms with Crippen molar-refractivity contribution in [3.05, 3.63) is 0 Å². The molecule has 0 fully saturated rings. The molecule has 3 radical (unpaired) electrons. The summed E-state index contributed by atoms with van der Waals surface area (Å²) in [5, 5.41) is 0. The van der Waals surface area contributed by atoms with Crippen molar-refractivity contribution < 1.29 is 0 Å². The average molecular weight is 140 g/mol. The van der Waals surface area contributed by atoms with Gasteiger partial charge in [-0.15, -0.1) is 0 Å². The lowest BCUT2D eigenvalue weighted by molar-refractivity contribution is 0.136. The van der Waals surface area contributed by atoms with Crippen LogP contribution in [-0.2, 0) is 0 Å². The molecule has 0 aliphatic heterocycles. The quantitative estimate of drug-likeness (QED) is 0.501. The highest BCUT2D eigenvalue weighted by Crippen LogP contribution is 2.12. The molecule has 0 heterocycles. The van der Waals surface area contributed by atoms with E-state index in [0.717, 1.165) is 0 Å². The number of rotatable bonds is 1. The van der Waals surface area contributed by atoms with Crippen LogP contribution in [0.15, 0.2) is 0 Å². The number of hydrogen-bond donors (Lipinski definition) is 0. The normalized spacial score (nSPS) is 12.0. The monoisotopic (exact) mass is 140 g/mol. The molecule has 0 aromatic carbocycles. The Labute approximate surface area is 67.4 Å². The highest BCUT2D eigenvalue weighted by Gasteiger charge is 2.18. The smallest absolute Gasteiger partial charge is 0.0124 e. The van der Waals surface area contributed by atoms with Crippen molar-refractivity contribution in [1.29, 1.82) is 0 Å². The fourth-order valence-corrected chi connectivity index (χ4v) is 0.775. The molecule has 0 aliphatic carbocycles. The van der Waals surface area contributed by atoms with Crippen LogP contribution in [0.5, 0.6) is 0 Å². The minimum absolute atomic E-state index is 0. The van der Waals surface area contributed by atoms with E-state index < -0.39 is 0 Å². The lowest BCUT2D eigenvalue weighted by atomic mass is 10.1. The molecule has 59 valence electrons. The van der Waals surface area contributed by atoms with Crippen LogP contribution in [0, 0.1) is 0 Å². The molecule has 2 heteroatoms. The van der Waals surface area contributed by atoms with Gasteiger partial charge in [0.05, 0.1) is 0 Å². The Morgan fingerprint density at radius 2 is 1.40 bits per heavy atom. The maximum Gasteiger partial charge on any atom is 0.0124 e. The maximum absolute atomic E-state index is 2.35. The minimum Gasteiger partial charge on any atom is -0.299 e. The Bertz CT molecular complexity index is 83.7. The second-order valence-corrected chi connectivity index (χ2v) is 3.88. The molecule has 0 rings (SSSR count). The summed E-state index contributed by atoms with van der Waals surface area (Å²) in [5.41, 5.74) is 0.314. The molecular formula is C8H19BN. The van der Waals surface area contributed by atoms with E-state index in [0.29, 0.717) is 11.6 Å². The first-order valence-electron chi connectivity index (χ1n) is 3.58. The summed E-state index contributed by atoms with van der Waals surface area (Å²) in [6.07, 6.45) is 0. The molecule has 0 saturated carbocycles. The third kappa shape index (κ3) is 3.94. The third-order valence-electron chi connectivity index (χ3n) is 1.83. The van der Waals surface area contributed by atoms with Crippen LogP contribution in [0.3, 0.4) is 0 Å². The fourth-order valence-electron chi connectivity index (χ4n) is 0.775. The van der Waals surface area contributed by atoms with Crippen LogP contribution < -0.4 is 0 Å². The van der Waals surface area contributed by atoms with Gasteiger partial charge < -0.3 is 0 Å². The predicted octanol–water partition coefficient (Wildman–Crippen LogP) is 1.74. The number of nitrogens with zero attached hydrogens (tertiary/aromatic N) is 1. The third-order valence-corrected chi connectivity index (χ3v) is 1.83. The summed E-state index contributed by atoms with van der Waals surface area (Å²) in [6.45, 7) is 11.1. The van der Waals surface area contributed by atoms with E-state index in [1.54, 1.807) is 0 Å². The van der Waals surface area contributed by atoms with E-state index in [1.807, 2.05) is 0 Å². The standard InChI is InChI=1S/C8H19N.B/c1-7(2)9(6)8(3,4)5;/h7H,1-6H3;. The Morgan fingerprint density at radius 3 is 1.40 bits per heavy atom. The lowest BCUT2D eigenvalue weighted by Crippen LogP contribution is -2.42. The first kappa shape index (κ1) is 12.7. The van der Waals surface area contributed by atoms with E-state index in [4.69, 9.17) is 0 Å². The molecule has 0 N–H and O–H groups in total.